The average Bonchev–Trinajstić information content (AvgIpc) is 2.51. The third-order valence-corrected chi connectivity index (χ3v) is 3.04. The van der Waals surface area contributed by atoms with E-state index in [1.54, 1.807) is 20.8 Å². The highest BCUT2D eigenvalue weighted by molar-refractivity contribution is 5.97. The van der Waals surface area contributed by atoms with Crippen LogP contribution in [0.4, 0.5) is 8.78 Å². The molecule has 0 radical (unpaired) electrons. The molecule has 0 aromatic heterocycles. The maximum Gasteiger partial charge on any atom is 0.328 e. The fourth-order valence-corrected chi connectivity index (χ4v) is 1.96. The Labute approximate surface area is 144 Å². The molecule has 1 rings (SSSR count). The largest absolute Gasteiger partial charge is 0.467 e. The van der Waals surface area contributed by atoms with Gasteiger partial charge in [0.05, 0.1) is 12.7 Å². The molecule has 1 atom stereocenters. The third-order valence-electron chi connectivity index (χ3n) is 3.04. The number of benzene rings is 1. The van der Waals surface area contributed by atoms with Crippen molar-refractivity contribution >= 4 is 17.8 Å². The number of hydrogen-bond donors (Lipinski definition) is 1. The van der Waals surface area contributed by atoms with Gasteiger partial charge < -0.3 is 14.8 Å². The van der Waals surface area contributed by atoms with E-state index in [9.17, 15) is 23.2 Å². The first-order valence-corrected chi connectivity index (χ1v) is 7.59. The number of nitrogens with one attached hydrogen (secondary N) is 1. The van der Waals surface area contributed by atoms with Gasteiger partial charge in [-0.25, -0.2) is 13.6 Å². The van der Waals surface area contributed by atoms with Gasteiger partial charge in [-0.2, -0.15) is 0 Å². The molecule has 0 fully saturated rings. The van der Waals surface area contributed by atoms with Crippen LogP contribution in [0.15, 0.2) is 18.2 Å². The minimum absolute atomic E-state index is 0.107. The quantitative estimate of drug-likeness (QED) is 0.791. The summed E-state index contributed by atoms with van der Waals surface area (Å²) in [5, 5.41) is 2.24. The van der Waals surface area contributed by atoms with E-state index in [4.69, 9.17) is 4.74 Å². The van der Waals surface area contributed by atoms with Gasteiger partial charge in [-0.05, 0) is 39.3 Å². The Kier molecular flexibility index (Phi) is 7.02. The first kappa shape index (κ1) is 20.5. The van der Waals surface area contributed by atoms with Crippen molar-refractivity contribution in [2.24, 2.45) is 0 Å². The molecule has 0 spiro atoms. The zero-order valence-electron chi connectivity index (χ0n) is 14.5. The smallest absolute Gasteiger partial charge is 0.328 e. The van der Waals surface area contributed by atoms with Crippen molar-refractivity contribution in [3.63, 3.8) is 0 Å². The second kappa shape index (κ2) is 8.55. The molecule has 0 bridgehead atoms. The van der Waals surface area contributed by atoms with Crippen LogP contribution in [-0.4, -0.2) is 36.6 Å². The average molecular weight is 357 g/mol. The molecule has 8 heteroatoms. The highest BCUT2D eigenvalue weighted by atomic mass is 19.2. The third kappa shape index (κ3) is 6.48. The monoisotopic (exact) mass is 357 g/mol. The summed E-state index contributed by atoms with van der Waals surface area (Å²) < 4.78 is 36.5. The highest BCUT2D eigenvalue weighted by Gasteiger charge is 2.26. The van der Waals surface area contributed by atoms with Crippen LogP contribution in [0.3, 0.4) is 0 Å². The molecule has 0 aliphatic rings. The molecule has 1 amide bonds. The normalized spacial score (nSPS) is 12.2. The van der Waals surface area contributed by atoms with E-state index in [1.165, 1.54) is 6.07 Å². The summed E-state index contributed by atoms with van der Waals surface area (Å²) in [6.07, 6.45) is -0.271. The lowest BCUT2D eigenvalue weighted by Gasteiger charge is -2.21. The minimum Gasteiger partial charge on any atom is -0.467 e. The van der Waals surface area contributed by atoms with Crippen LogP contribution >= 0.6 is 0 Å². The first-order valence-electron chi connectivity index (χ1n) is 7.59. The molecular formula is C17H21F2NO5. The van der Waals surface area contributed by atoms with Crippen molar-refractivity contribution in [1.82, 2.24) is 5.32 Å². The Bertz CT molecular complexity index is 655. The summed E-state index contributed by atoms with van der Waals surface area (Å²) in [5.41, 5.74) is -1.24. The van der Waals surface area contributed by atoms with Crippen molar-refractivity contribution in [3.8, 4) is 0 Å². The number of carbonyl (C=O) groups is 3. The van der Waals surface area contributed by atoms with Gasteiger partial charge in [0, 0.05) is 6.42 Å². The maximum absolute atomic E-state index is 13.7. The molecule has 0 heterocycles. The van der Waals surface area contributed by atoms with Crippen LogP contribution in [0.1, 0.15) is 44.0 Å². The van der Waals surface area contributed by atoms with E-state index in [0.717, 1.165) is 19.2 Å². The van der Waals surface area contributed by atoms with Crippen LogP contribution in [0.25, 0.3) is 0 Å². The lowest BCUT2D eigenvalue weighted by atomic mass is 10.1. The molecule has 0 aliphatic heterocycles. The first-order chi connectivity index (χ1) is 11.5. The number of ether oxygens (including phenoxy) is 2. The number of rotatable bonds is 6. The summed E-state index contributed by atoms with van der Waals surface area (Å²) >= 11 is 0. The number of halogens is 2. The van der Waals surface area contributed by atoms with Crippen molar-refractivity contribution < 1.29 is 32.6 Å². The second-order valence-corrected chi connectivity index (χ2v) is 6.28. The van der Waals surface area contributed by atoms with Crippen LogP contribution in [-0.2, 0) is 19.1 Å². The maximum atomic E-state index is 13.7. The fourth-order valence-electron chi connectivity index (χ4n) is 1.96. The van der Waals surface area contributed by atoms with Crippen LogP contribution in [0.2, 0.25) is 0 Å². The van der Waals surface area contributed by atoms with E-state index in [1.807, 2.05) is 0 Å². The Balaban J connectivity index is 2.79. The summed E-state index contributed by atoms with van der Waals surface area (Å²) in [7, 11) is 1.11. The summed E-state index contributed by atoms with van der Waals surface area (Å²) in [5.74, 6) is -4.87. The second-order valence-electron chi connectivity index (χ2n) is 6.28. The molecule has 0 unspecified atom stereocenters. The predicted molar refractivity (Wildman–Crippen MR) is 84.7 cm³/mol. The van der Waals surface area contributed by atoms with E-state index >= 15 is 0 Å². The van der Waals surface area contributed by atoms with Crippen molar-refractivity contribution in [3.05, 3.63) is 35.4 Å². The molecule has 1 N–H and O–H groups in total. The molecule has 0 aliphatic carbocycles. The van der Waals surface area contributed by atoms with Gasteiger partial charge in [0.1, 0.15) is 11.6 Å². The van der Waals surface area contributed by atoms with Crippen molar-refractivity contribution in [1.29, 1.82) is 0 Å². The van der Waals surface area contributed by atoms with E-state index in [2.05, 4.69) is 10.1 Å². The van der Waals surface area contributed by atoms with Gasteiger partial charge in [0.15, 0.2) is 11.6 Å². The predicted octanol–water partition coefficient (Wildman–Crippen LogP) is 2.36. The van der Waals surface area contributed by atoms with E-state index in [-0.39, 0.29) is 12.8 Å². The molecule has 1 aromatic carbocycles. The molecule has 138 valence electrons. The Morgan fingerprint density at radius 3 is 2.40 bits per heavy atom. The van der Waals surface area contributed by atoms with Gasteiger partial charge >= 0.3 is 11.9 Å². The molecule has 6 nitrogen and oxygen atoms in total. The summed E-state index contributed by atoms with van der Waals surface area (Å²) in [6, 6.07) is 1.91. The van der Waals surface area contributed by atoms with Crippen LogP contribution in [0.5, 0.6) is 0 Å². The van der Waals surface area contributed by atoms with Gasteiger partial charge in [-0.15, -0.1) is 0 Å². The van der Waals surface area contributed by atoms with Crippen molar-refractivity contribution in [2.75, 3.05) is 7.11 Å². The molecule has 0 saturated heterocycles. The topological polar surface area (TPSA) is 81.7 Å². The van der Waals surface area contributed by atoms with E-state index < -0.39 is 46.7 Å². The Hall–Kier alpha value is -2.51. The summed E-state index contributed by atoms with van der Waals surface area (Å²) in [6.45, 7) is 5.07. The number of methoxy groups -OCH3 is 1. The van der Waals surface area contributed by atoms with Gasteiger partial charge in [0.25, 0.3) is 5.91 Å². The Morgan fingerprint density at radius 2 is 1.84 bits per heavy atom. The van der Waals surface area contributed by atoms with Crippen LogP contribution in [0, 0.1) is 11.6 Å². The highest BCUT2D eigenvalue weighted by Crippen LogP contribution is 2.13. The lowest BCUT2D eigenvalue weighted by Crippen LogP contribution is -2.42. The zero-order chi connectivity index (χ0) is 19.2. The van der Waals surface area contributed by atoms with Gasteiger partial charge in [-0.1, -0.05) is 6.07 Å². The SMILES string of the molecule is COC(=O)[C@@H](CCC(=O)OC(C)(C)C)NC(=O)c1cccc(F)c1F. The minimum atomic E-state index is -1.32. The standard InChI is InChI=1S/C17H21F2NO5/c1-17(2,3)25-13(21)9-8-12(16(23)24-4)20-15(22)10-6-5-7-11(18)14(10)19/h5-7,12H,8-9H2,1-4H3,(H,20,22)/t12-/m1/s1. The van der Waals surface area contributed by atoms with E-state index in [0.29, 0.717) is 0 Å². The fraction of sp³-hybridized carbons (Fsp3) is 0.471. The molecule has 25 heavy (non-hydrogen) atoms. The van der Waals surface area contributed by atoms with Crippen molar-refractivity contribution in [2.45, 2.75) is 45.3 Å². The number of esters is 2. The molecule has 0 saturated carbocycles. The number of hydrogen-bond acceptors (Lipinski definition) is 5. The van der Waals surface area contributed by atoms with Crippen LogP contribution < -0.4 is 5.32 Å². The van der Waals surface area contributed by atoms with Gasteiger partial charge in [-0.3, -0.25) is 9.59 Å². The Morgan fingerprint density at radius 1 is 1.20 bits per heavy atom. The number of amides is 1. The van der Waals surface area contributed by atoms with Gasteiger partial charge in [0.2, 0.25) is 0 Å². The lowest BCUT2D eigenvalue weighted by molar-refractivity contribution is -0.155. The summed E-state index contributed by atoms with van der Waals surface area (Å²) in [4.78, 5) is 35.6. The molecular weight excluding hydrogens is 336 g/mol. The number of carbonyl (C=O) groups excluding carboxylic acids is 3. The molecule has 1 aromatic rings. The zero-order valence-corrected chi connectivity index (χ0v) is 14.5.